The van der Waals surface area contributed by atoms with Crippen LogP contribution in [-0.4, -0.2) is 29.3 Å². The smallest absolute Gasteiger partial charge is 0.332 e. The Bertz CT molecular complexity index is 1190. The van der Waals surface area contributed by atoms with Gasteiger partial charge >= 0.3 is 5.69 Å². The Kier molecular flexibility index (Phi) is 7.17. The van der Waals surface area contributed by atoms with Gasteiger partial charge in [-0.3, -0.25) is 18.7 Å². The molecule has 0 saturated carbocycles. The fourth-order valence-corrected chi connectivity index (χ4v) is 4.20. The third-order valence-electron chi connectivity index (χ3n) is 5.03. The maximum absolute atomic E-state index is 13.0. The molecule has 0 aliphatic carbocycles. The zero-order valence-corrected chi connectivity index (χ0v) is 19.0. The lowest BCUT2D eigenvalue weighted by molar-refractivity contribution is -0.121. The highest BCUT2D eigenvalue weighted by Crippen LogP contribution is 2.30. The number of nitrogens with one attached hydrogen (secondary N) is 1. The lowest BCUT2D eigenvalue weighted by Crippen LogP contribution is -2.42. The molecular weight excluding hydrogens is 418 g/mol. The Morgan fingerprint density at radius 1 is 1.13 bits per heavy atom. The van der Waals surface area contributed by atoms with Gasteiger partial charge < -0.3 is 14.8 Å². The van der Waals surface area contributed by atoms with Crippen molar-refractivity contribution in [3.63, 3.8) is 0 Å². The molecule has 1 amide bonds. The summed E-state index contributed by atoms with van der Waals surface area (Å²) in [6.45, 7) is 4.43. The van der Waals surface area contributed by atoms with E-state index >= 15 is 0 Å². The number of aromatic nitrogens is 2. The van der Waals surface area contributed by atoms with Crippen LogP contribution in [0.1, 0.15) is 25.8 Å². The zero-order chi connectivity index (χ0) is 22.5. The quantitative estimate of drug-likeness (QED) is 0.547. The van der Waals surface area contributed by atoms with E-state index in [2.05, 4.69) is 5.32 Å². The number of rotatable bonds is 9. The first kappa shape index (κ1) is 22.6. The van der Waals surface area contributed by atoms with Crippen molar-refractivity contribution in [1.82, 2.24) is 14.5 Å². The van der Waals surface area contributed by atoms with E-state index in [1.807, 2.05) is 26.0 Å². The Labute approximate surface area is 184 Å². The van der Waals surface area contributed by atoms with Gasteiger partial charge in [-0.15, -0.1) is 11.3 Å². The van der Waals surface area contributed by atoms with Crippen molar-refractivity contribution in [2.75, 3.05) is 14.2 Å². The van der Waals surface area contributed by atoms with E-state index in [1.54, 1.807) is 24.6 Å². The second-order valence-electron chi connectivity index (χ2n) is 7.57. The molecule has 0 spiro atoms. The average molecular weight is 446 g/mol. The molecule has 2 aromatic heterocycles. The first-order valence-corrected chi connectivity index (χ1v) is 10.9. The number of benzene rings is 1. The number of methoxy groups -OCH3 is 2. The van der Waals surface area contributed by atoms with Crippen molar-refractivity contribution >= 4 is 27.5 Å². The van der Waals surface area contributed by atoms with E-state index in [4.69, 9.17) is 9.47 Å². The summed E-state index contributed by atoms with van der Waals surface area (Å²) in [5.74, 6) is 1.13. The summed E-state index contributed by atoms with van der Waals surface area (Å²) >= 11 is 1.28. The van der Waals surface area contributed by atoms with E-state index in [-0.39, 0.29) is 24.6 Å². The van der Waals surface area contributed by atoms with Crippen LogP contribution in [-0.2, 0) is 24.4 Å². The lowest BCUT2D eigenvalue weighted by Gasteiger charge is -2.15. The SMILES string of the molecule is COc1cccc(CNC(=O)Cn2c(=O)n(CCC(C)C)c(=O)c3sccc32)c1OC. The maximum atomic E-state index is 13.0. The zero-order valence-electron chi connectivity index (χ0n) is 18.1. The van der Waals surface area contributed by atoms with E-state index in [1.165, 1.54) is 27.6 Å². The molecule has 0 aliphatic rings. The molecule has 0 unspecified atom stereocenters. The molecule has 31 heavy (non-hydrogen) atoms. The molecule has 2 heterocycles. The Balaban J connectivity index is 1.85. The van der Waals surface area contributed by atoms with Crippen molar-refractivity contribution in [3.8, 4) is 11.5 Å². The van der Waals surface area contributed by atoms with Crippen molar-refractivity contribution in [3.05, 3.63) is 56.0 Å². The van der Waals surface area contributed by atoms with Crippen LogP contribution >= 0.6 is 11.3 Å². The molecule has 0 bridgehead atoms. The van der Waals surface area contributed by atoms with Gasteiger partial charge in [0, 0.05) is 18.7 Å². The van der Waals surface area contributed by atoms with Crippen LogP contribution in [0.2, 0.25) is 0 Å². The largest absolute Gasteiger partial charge is 0.493 e. The molecule has 0 saturated heterocycles. The molecule has 8 nitrogen and oxygen atoms in total. The number of carbonyl (C=O) groups is 1. The summed E-state index contributed by atoms with van der Waals surface area (Å²) in [7, 11) is 3.09. The normalized spacial score (nSPS) is 11.1. The van der Waals surface area contributed by atoms with E-state index in [9.17, 15) is 14.4 Å². The van der Waals surface area contributed by atoms with Crippen LogP contribution in [0, 0.1) is 5.92 Å². The summed E-state index contributed by atoms with van der Waals surface area (Å²) in [5.41, 5.74) is 0.471. The molecule has 166 valence electrons. The first-order valence-electron chi connectivity index (χ1n) is 10.0. The minimum atomic E-state index is -0.467. The third kappa shape index (κ3) is 4.82. The molecule has 9 heteroatoms. The highest BCUT2D eigenvalue weighted by molar-refractivity contribution is 7.17. The van der Waals surface area contributed by atoms with Gasteiger partial charge in [-0.1, -0.05) is 26.0 Å². The predicted octanol–water partition coefficient (Wildman–Crippen LogP) is 2.60. The third-order valence-corrected chi connectivity index (χ3v) is 5.92. The Hall–Kier alpha value is -3.07. The monoisotopic (exact) mass is 445 g/mol. The number of ether oxygens (including phenoxy) is 2. The number of thiophene rings is 1. The van der Waals surface area contributed by atoms with Gasteiger partial charge in [-0.05, 0) is 29.9 Å². The highest BCUT2D eigenvalue weighted by Gasteiger charge is 2.17. The predicted molar refractivity (Wildman–Crippen MR) is 121 cm³/mol. The average Bonchev–Trinajstić information content (AvgIpc) is 3.24. The molecule has 1 aromatic carbocycles. The number of carbonyl (C=O) groups excluding carboxylic acids is 1. The number of para-hydroxylation sites is 1. The van der Waals surface area contributed by atoms with Gasteiger partial charge in [0.1, 0.15) is 11.2 Å². The molecule has 3 rings (SSSR count). The van der Waals surface area contributed by atoms with Crippen LogP contribution in [0.3, 0.4) is 0 Å². The van der Waals surface area contributed by atoms with Crippen molar-refractivity contribution in [1.29, 1.82) is 0 Å². The molecular formula is C22H27N3O5S. The van der Waals surface area contributed by atoms with Crippen molar-refractivity contribution in [2.24, 2.45) is 5.92 Å². The summed E-state index contributed by atoms with van der Waals surface area (Å²) in [5, 5.41) is 4.58. The lowest BCUT2D eigenvalue weighted by atomic mass is 10.1. The Morgan fingerprint density at radius 2 is 1.90 bits per heavy atom. The van der Waals surface area contributed by atoms with Gasteiger partial charge in [0.25, 0.3) is 5.56 Å². The number of hydrogen-bond acceptors (Lipinski definition) is 6. The molecule has 3 aromatic rings. The summed E-state index contributed by atoms with van der Waals surface area (Å²) in [6, 6.07) is 7.12. The van der Waals surface area contributed by atoms with E-state index < -0.39 is 5.69 Å². The second kappa shape index (κ2) is 9.82. The fourth-order valence-electron chi connectivity index (χ4n) is 3.36. The van der Waals surface area contributed by atoms with E-state index in [0.717, 1.165) is 5.56 Å². The summed E-state index contributed by atoms with van der Waals surface area (Å²) in [6.07, 6.45) is 0.702. The van der Waals surface area contributed by atoms with Crippen LogP contribution < -0.4 is 26.0 Å². The maximum Gasteiger partial charge on any atom is 0.332 e. The first-order chi connectivity index (χ1) is 14.9. The molecule has 0 aliphatic heterocycles. The second-order valence-corrected chi connectivity index (χ2v) is 8.49. The van der Waals surface area contributed by atoms with Crippen molar-refractivity contribution < 1.29 is 14.3 Å². The number of nitrogens with zero attached hydrogens (tertiary/aromatic N) is 2. The minimum absolute atomic E-state index is 0.180. The van der Waals surface area contributed by atoms with Crippen LogP contribution in [0.15, 0.2) is 39.2 Å². The highest BCUT2D eigenvalue weighted by atomic mass is 32.1. The minimum Gasteiger partial charge on any atom is -0.493 e. The number of hydrogen-bond donors (Lipinski definition) is 1. The molecule has 1 N–H and O–H groups in total. The van der Waals surface area contributed by atoms with Crippen molar-refractivity contribution in [2.45, 2.75) is 39.9 Å². The topological polar surface area (TPSA) is 91.6 Å². The number of amides is 1. The van der Waals surface area contributed by atoms with Gasteiger partial charge in [0.05, 0.1) is 19.7 Å². The fraction of sp³-hybridized carbons (Fsp3) is 0.409. The van der Waals surface area contributed by atoms with E-state index in [0.29, 0.717) is 40.6 Å². The van der Waals surface area contributed by atoms with Crippen LogP contribution in [0.25, 0.3) is 10.2 Å². The molecule has 0 atom stereocenters. The van der Waals surface area contributed by atoms with Gasteiger partial charge in [0.2, 0.25) is 5.91 Å². The molecule has 0 radical (unpaired) electrons. The van der Waals surface area contributed by atoms with Gasteiger partial charge in [0.15, 0.2) is 11.5 Å². The van der Waals surface area contributed by atoms with Crippen LogP contribution in [0.5, 0.6) is 11.5 Å². The standard InChI is InChI=1S/C22H27N3O5S/c1-14(2)8-10-24-21(27)20-16(9-11-31-20)25(22(24)28)13-18(26)23-12-15-6-5-7-17(29-3)19(15)30-4/h5-7,9,11,14H,8,10,12-13H2,1-4H3,(H,23,26). The van der Waals surface area contributed by atoms with Gasteiger partial charge in [-0.25, -0.2) is 4.79 Å². The number of fused-ring (bicyclic) bond motifs is 1. The summed E-state index contributed by atoms with van der Waals surface area (Å²) < 4.78 is 13.8. The van der Waals surface area contributed by atoms with Crippen LogP contribution in [0.4, 0.5) is 0 Å². The molecule has 0 fully saturated rings. The Morgan fingerprint density at radius 3 is 2.58 bits per heavy atom. The van der Waals surface area contributed by atoms with Gasteiger partial charge in [-0.2, -0.15) is 0 Å². The summed E-state index contributed by atoms with van der Waals surface area (Å²) in [4.78, 5) is 38.5.